The normalized spacial score (nSPS) is 21.0. The van der Waals surface area contributed by atoms with E-state index < -0.39 is 0 Å². The SMILES string of the molecule is COc1cc2c(cc1CN1CCCCC1c1nc(C)c3c(n1)N(C)CCC3)OCCO2. The number of aryl methyl sites for hydroxylation is 1. The molecule has 31 heavy (non-hydrogen) atoms. The lowest BCUT2D eigenvalue weighted by Crippen LogP contribution is -2.35. The molecule has 4 heterocycles. The zero-order valence-electron chi connectivity index (χ0n) is 18.8. The van der Waals surface area contributed by atoms with E-state index in [0.717, 1.165) is 72.6 Å². The van der Waals surface area contributed by atoms with Gasteiger partial charge in [0.25, 0.3) is 0 Å². The molecule has 0 N–H and O–H groups in total. The number of likely N-dealkylation sites (tertiary alicyclic amines) is 1. The van der Waals surface area contributed by atoms with Gasteiger partial charge in [-0.05, 0) is 45.2 Å². The molecule has 3 aliphatic rings. The summed E-state index contributed by atoms with van der Waals surface area (Å²) in [6.45, 7) is 6.16. The van der Waals surface area contributed by atoms with Gasteiger partial charge < -0.3 is 19.1 Å². The van der Waals surface area contributed by atoms with Crippen molar-refractivity contribution in [3.63, 3.8) is 0 Å². The molecule has 1 aromatic carbocycles. The minimum absolute atomic E-state index is 0.214. The van der Waals surface area contributed by atoms with Crippen molar-refractivity contribution in [1.29, 1.82) is 0 Å². The molecule has 0 saturated carbocycles. The lowest BCUT2D eigenvalue weighted by atomic mass is 9.98. The molecule has 0 bridgehead atoms. The topological polar surface area (TPSA) is 60.0 Å². The van der Waals surface area contributed by atoms with E-state index in [0.29, 0.717) is 13.2 Å². The number of hydrogen-bond donors (Lipinski definition) is 0. The van der Waals surface area contributed by atoms with Gasteiger partial charge in [-0.25, -0.2) is 9.97 Å². The van der Waals surface area contributed by atoms with Crippen LogP contribution in [-0.2, 0) is 13.0 Å². The lowest BCUT2D eigenvalue weighted by Gasteiger charge is -2.36. The molecule has 0 amide bonds. The van der Waals surface area contributed by atoms with E-state index in [1.165, 1.54) is 24.8 Å². The number of rotatable bonds is 4. The fourth-order valence-electron chi connectivity index (χ4n) is 5.08. The second kappa shape index (κ2) is 8.54. The number of fused-ring (bicyclic) bond motifs is 2. The number of piperidine rings is 1. The average molecular weight is 425 g/mol. The van der Waals surface area contributed by atoms with Crippen LogP contribution >= 0.6 is 0 Å². The minimum atomic E-state index is 0.214. The van der Waals surface area contributed by atoms with Crippen LogP contribution < -0.4 is 19.1 Å². The molecule has 166 valence electrons. The first-order valence-electron chi connectivity index (χ1n) is 11.4. The lowest BCUT2D eigenvalue weighted by molar-refractivity contribution is 0.131. The van der Waals surface area contributed by atoms with Crippen molar-refractivity contribution in [2.24, 2.45) is 0 Å². The quantitative estimate of drug-likeness (QED) is 0.742. The Morgan fingerprint density at radius 2 is 1.87 bits per heavy atom. The summed E-state index contributed by atoms with van der Waals surface area (Å²) in [5, 5.41) is 0. The summed E-state index contributed by atoms with van der Waals surface area (Å²) < 4.78 is 17.3. The van der Waals surface area contributed by atoms with Crippen LogP contribution in [0.15, 0.2) is 12.1 Å². The molecule has 1 fully saturated rings. The molecule has 1 unspecified atom stereocenters. The van der Waals surface area contributed by atoms with Gasteiger partial charge in [-0.1, -0.05) is 6.42 Å². The fraction of sp³-hybridized carbons (Fsp3) is 0.583. The molecule has 1 atom stereocenters. The van der Waals surface area contributed by atoms with Gasteiger partial charge >= 0.3 is 0 Å². The second-order valence-electron chi connectivity index (χ2n) is 8.78. The summed E-state index contributed by atoms with van der Waals surface area (Å²) >= 11 is 0. The second-order valence-corrected chi connectivity index (χ2v) is 8.78. The fourth-order valence-corrected chi connectivity index (χ4v) is 5.08. The van der Waals surface area contributed by atoms with E-state index in [2.05, 4.69) is 29.8 Å². The predicted octanol–water partition coefficient (Wildman–Crippen LogP) is 3.67. The first kappa shape index (κ1) is 20.4. The van der Waals surface area contributed by atoms with E-state index in [-0.39, 0.29) is 6.04 Å². The third kappa shape index (κ3) is 3.91. The van der Waals surface area contributed by atoms with Crippen molar-refractivity contribution in [1.82, 2.24) is 14.9 Å². The van der Waals surface area contributed by atoms with Crippen LogP contribution in [0.4, 0.5) is 5.82 Å². The molecule has 1 saturated heterocycles. The Kier molecular flexibility index (Phi) is 5.61. The first-order valence-corrected chi connectivity index (χ1v) is 11.4. The highest BCUT2D eigenvalue weighted by Gasteiger charge is 2.30. The Morgan fingerprint density at radius 3 is 2.68 bits per heavy atom. The van der Waals surface area contributed by atoms with Gasteiger partial charge in [-0.2, -0.15) is 0 Å². The minimum Gasteiger partial charge on any atom is -0.496 e. The Hall–Kier alpha value is -2.54. The highest BCUT2D eigenvalue weighted by molar-refractivity contribution is 5.52. The number of methoxy groups -OCH3 is 1. The molecule has 5 rings (SSSR count). The summed E-state index contributed by atoms with van der Waals surface area (Å²) in [6, 6.07) is 4.24. The van der Waals surface area contributed by atoms with Crippen molar-refractivity contribution < 1.29 is 14.2 Å². The molecule has 7 heteroatoms. The Bertz CT molecular complexity index is 964. The number of benzene rings is 1. The van der Waals surface area contributed by atoms with Crippen LogP contribution in [0.3, 0.4) is 0 Å². The van der Waals surface area contributed by atoms with Crippen LogP contribution in [0.25, 0.3) is 0 Å². The first-order chi connectivity index (χ1) is 15.1. The molecule has 0 radical (unpaired) electrons. The zero-order chi connectivity index (χ0) is 21.4. The molecule has 7 nitrogen and oxygen atoms in total. The summed E-state index contributed by atoms with van der Waals surface area (Å²) in [4.78, 5) is 14.9. The number of hydrogen-bond acceptors (Lipinski definition) is 7. The van der Waals surface area contributed by atoms with Gasteiger partial charge in [0.1, 0.15) is 30.6 Å². The molecule has 0 aliphatic carbocycles. The van der Waals surface area contributed by atoms with Crippen LogP contribution in [0.1, 0.15) is 54.4 Å². The smallest absolute Gasteiger partial charge is 0.165 e. The molecular weight excluding hydrogens is 392 g/mol. The van der Waals surface area contributed by atoms with Gasteiger partial charge in [-0.15, -0.1) is 0 Å². The van der Waals surface area contributed by atoms with Gasteiger partial charge in [0.05, 0.1) is 13.2 Å². The monoisotopic (exact) mass is 424 g/mol. The summed E-state index contributed by atoms with van der Waals surface area (Å²) in [6.07, 6.45) is 5.72. The van der Waals surface area contributed by atoms with Crippen molar-refractivity contribution in [3.8, 4) is 17.2 Å². The van der Waals surface area contributed by atoms with Crippen molar-refractivity contribution in [2.75, 3.05) is 45.4 Å². The summed E-state index contributed by atoms with van der Waals surface area (Å²) in [5.41, 5.74) is 3.56. The Labute approximate surface area is 184 Å². The number of aromatic nitrogens is 2. The Morgan fingerprint density at radius 1 is 1.06 bits per heavy atom. The molecular formula is C24H32N4O3. The molecule has 0 spiro atoms. The standard InChI is InChI=1S/C24H32N4O3/c1-16-18-7-6-9-27(2)24(18)26-23(25-16)19-8-4-5-10-28(19)15-17-13-21-22(14-20(17)29-3)31-12-11-30-21/h13-14,19H,4-12,15H2,1-3H3. The van der Waals surface area contributed by atoms with Crippen LogP contribution in [0, 0.1) is 6.92 Å². The molecule has 3 aliphatic heterocycles. The van der Waals surface area contributed by atoms with E-state index in [4.69, 9.17) is 24.2 Å². The van der Waals surface area contributed by atoms with Gasteiger partial charge in [0.15, 0.2) is 11.5 Å². The van der Waals surface area contributed by atoms with Crippen LogP contribution in [0.2, 0.25) is 0 Å². The number of anilines is 1. The van der Waals surface area contributed by atoms with Crippen molar-refractivity contribution in [2.45, 2.75) is 51.6 Å². The largest absolute Gasteiger partial charge is 0.496 e. The van der Waals surface area contributed by atoms with Crippen molar-refractivity contribution in [3.05, 3.63) is 34.8 Å². The highest BCUT2D eigenvalue weighted by Crippen LogP contribution is 2.39. The predicted molar refractivity (Wildman–Crippen MR) is 119 cm³/mol. The third-order valence-electron chi connectivity index (χ3n) is 6.72. The summed E-state index contributed by atoms with van der Waals surface area (Å²) in [5.74, 6) is 4.49. The van der Waals surface area contributed by atoms with Gasteiger partial charge in [0.2, 0.25) is 0 Å². The zero-order valence-corrected chi connectivity index (χ0v) is 18.8. The molecule has 1 aromatic heterocycles. The maximum absolute atomic E-state index is 5.82. The highest BCUT2D eigenvalue weighted by atomic mass is 16.6. The maximum atomic E-state index is 5.82. The van der Waals surface area contributed by atoms with Crippen LogP contribution in [-0.4, -0.2) is 55.3 Å². The van der Waals surface area contributed by atoms with E-state index >= 15 is 0 Å². The number of ether oxygens (including phenoxy) is 3. The van der Waals surface area contributed by atoms with Gasteiger partial charge in [-0.3, -0.25) is 4.90 Å². The summed E-state index contributed by atoms with van der Waals surface area (Å²) in [7, 11) is 3.86. The van der Waals surface area contributed by atoms with E-state index in [1.54, 1.807) is 7.11 Å². The molecule has 2 aromatic rings. The average Bonchev–Trinajstić information content (AvgIpc) is 2.79. The third-order valence-corrected chi connectivity index (χ3v) is 6.72. The van der Waals surface area contributed by atoms with Crippen molar-refractivity contribution >= 4 is 5.82 Å². The van der Waals surface area contributed by atoms with E-state index in [1.807, 2.05) is 6.07 Å². The Balaban J connectivity index is 1.46. The maximum Gasteiger partial charge on any atom is 0.165 e. The number of nitrogens with zero attached hydrogens (tertiary/aromatic N) is 4. The van der Waals surface area contributed by atoms with Crippen LogP contribution in [0.5, 0.6) is 17.2 Å². The van der Waals surface area contributed by atoms with E-state index in [9.17, 15) is 0 Å². The van der Waals surface area contributed by atoms with Gasteiger partial charge in [0, 0.05) is 43.0 Å².